The Hall–Kier alpha value is -14.0. The number of fused-ring (bicyclic) bond motifs is 8. The average molecular weight is 2000 g/mol. The molecule has 0 aliphatic carbocycles. The number of ether oxygens (including phenoxy) is 1. The van der Waals surface area contributed by atoms with Gasteiger partial charge < -0.3 is 52.7 Å². The summed E-state index contributed by atoms with van der Waals surface area (Å²) in [5, 5.41) is 10.9. The van der Waals surface area contributed by atoms with Crippen molar-refractivity contribution in [1.82, 2.24) is 36.5 Å². The van der Waals surface area contributed by atoms with Gasteiger partial charge in [-0.25, -0.2) is 0 Å². The maximum atomic E-state index is 11.7. The minimum Gasteiger partial charge on any atom is -0.497 e. The molecule has 8 heterocycles. The van der Waals surface area contributed by atoms with Crippen LogP contribution in [0.15, 0.2) is 329 Å². The van der Waals surface area contributed by atoms with Gasteiger partial charge >= 0.3 is 0 Å². The molecule has 0 fully saturated rings. The van der Waals surface area contributed by atoms with Crippen molar-refractivity contribution in [1.29, 1.82) is 0 Å². The number of nitrogens with zero attached hydrogens (tertiary/aromatic N) is 8. The van der Waals surface area contributed by atoms with E-state index in [1.165, 1.54) is 223 Å². The molecule has 0 aliphatic heterocycles. The average Bonchev–Trinajstić information content (AvgIpc) is 1.63. The topological polar surface area (TPSA) is 135 Å². The van der Waals surface area contributed by atoms with Gasteiger partial charge in [-0.15, -0.1) is 0 Å². The number of aryl methyl sites for hydroxylation is 22. The Balaban J connectivity index is 0.000000135. The lowest BCUT2D eigenvalue weighted by Crippen LogP contribution is -2.02. The van der Waals surface area contributed by atoms with E-state index in [9.17, 15) is 9.59 Å². The number of hydrogen-bond acceptors (Lipinski definition) is 5. The van der Waals surface area contributed by atoms with Crippen LogP contribution in [0.1, 0.15) is 243 Å². The van der Waals surface area contributed by atoms with Crippen LogP contribution in [0.5, 0.6) is 5.75 Å². The van der Waals surface area contributed by atoms with Crippen molar-refractivity contribution in [2.24, 2.45) is 11.5 Å². The van der Waals surface area contributed by atoms with Crippen LogP contribution in [0.4, 0.5) is 0 Å². The van der Waals surface area contributed by atoms with Gasteiger partial charge in [-0.3, -0.25) is 9.59 Å². The maximum Gasteiger partial charge on any atom is 0.159 e. The molecule has 0 amide bonds. The summed E-state index contributed by atoms with van der Waals surface area (Å²) in [7, 11) is 1.74. The lowest BCUT2D eigenvalue weighted by Gasteiger charge is -2.08. The number of benzene rings is 12. The molecule has 20 rings (SSSR count). The summed E-state index contributed by atoms with van der Waals surface area (Å²) in [6.45, 7) is 33.0. The molecule has 13 nitrogen and oxygen atoms in total. The van der Waals surface area contributed by atoms with Crippen molar-refractivity contribution in [3.63, 3.8) is 0 Å². The molecular formula is C137H164N10O3. The second-order valence-electron chi connectivity index (χ2n) is 41.3. The first-order valence-corrected chi connectivity index (χ1v) is 56.2. The fraction of sp³-hybridized carbons (Fsp3) is 0.343. The Morgan fingerprint density at radius 3 is 0.733 bits per heavy atom. The lowest BCUT2D eigenvalue weighted by atomic mass is 10.0. The van der Waals surface area contributed by atoms with Gasteiger partial charge in [-0.2, -0.15) is 0 Å². The minimum absolute atomic E-state index is 0.104. The van der Waals surface area contributed by atoms with Gasteiger partial charge in [0.2, 0.25) is 0 Å². The fourth-order valence-corrected chi connectivity index (χ4v) is 22.1. The monoisotopic (exact) mass is 2000 g/mol. The predicted molar refractivity (Wildman–Crippen MR) is 639 cm³/mol. The first-order chi connectivity index (χ1) is 73.4. The summed E-state index contributed by atoms with van der Waals surface area (Å²) in [5.74, 6) is 1.16. The van der Waals surface area contributed by atoms with E-state index in [0.717, 1.165) is 177 Å². The summed E-state index contributed by atoms with van der Waals surface area (Å²) < 4.78 is 24.8. The Morgan fingerprint density at radius 1 is 0.227 bits per heavy atom. The maximum absolute atomic E-state index is 11.7. The number of carbonyl (C=O) groups is 2. The number of carbonyl (C=O) groups excluding carboxylic acids is 2. The molecule has 150 heavy (non-hydrogen) atoms. The molecule has 4 N–H and O–H groups in total. The summed E-state index contributed by atoms with van der Waals surface area (Å²) in [4.78, 5) is 23.4. The van der Waals surface area contributed by atoms with Crippen LogP contribution in [-0.4, -0.2) is 68.3 Å². The highest BCUT2D eigenvalue weighted by molar-refractivity contribution is 6.00. The van der Waals surface area contributed by atoms with E-state index < -0.39 is 0 Å². The van der Waals surface area contributed by atoms with E-state index >= 15 is 0 Å². The van der Waals surface area contributed by atoms with Gasteiger partial charge in [0.25, 0.3) is 0 Å². The molecule has 0 saturated heterocycles. The third-order valence-electron chi connectivity index (χ3n) is 29.6. The second kappa shape index (κ2) is 56.0. The van der Waals surface area contributed by atoms with Gasteiger partial charge in [-0.05, 0) is 340 Å². The predicted octanol–water partition coefficient (Wildman–Crippen LogP) is 32.9. The largest absolute Gasteiger partial charge is 0.497 e. The van der Waals surface area contributed by atoms with E-state index in [-0.39, 0.29) is 11.6 Å². The standard InChI is InChI=1S/C27H34N2O.C25H30N2.C22H26N2O.C21H24N2O.2C21H25N/c1-5-8-21-18-28(26-12-10-20(3)16-24(21)26)14-7-15-29-19-22(9-6-2)25-17-23(30-4)11-13-27(25)29;1-3-10-20-18-26(24-14-7-5-12-22(20)24)16-9-17-27-19-21(11-4-2)23-13-6-8-15-25(23)27;1-17(25)19-11-12-22-21(15-19)20(10-5-13-23)16-24(22)14-6-9-18-7-3-2-4-8-18;1-16(24)18-9-10-21-20(14-18)19(11-12-22)15-23(21)13-5-8-17-6-3-2-4-7-17;2*1-3-8-19-16-22(21-13-12-17(2)15-20(19)21)14-7-11-18-9-5-4-6-10-18/h10-13,16-19H,5-9,14-15H2,1-4H3;5-8,12-15,18-19H,3-4,9-11,16-17H2,1-2H3;2-4,7-8,11-12,15-16H,5-6,9-10,13-14,23H2,1H3;2-4,6-7,9-10,14-15H,5,8,11-13,22H2,1H3;2*4-6,9-10,12-13,15-16H,3,7-8,11,14H2,1-2H3. The number of aromatic nitrogens is 8. The van der Waals surface area contributed by atoms with Crippen LogP contribution < -0.4 is 16.2 Å². The van der Waals surface area contributed by atoms with Crippen molar-refractivity contribution in [3.05, 3.63) is 423 Å². The number of nitrogens with two attached hydrogens (primary N) is 2. The van der Waals surface area contributed by atoms with Gasteiger partial charge in [0.05, 0.1) is 7.11 Å². The molecule has 780 valence electrons. The number of Topliss-reactive ketones (excluding diaryl/α,β-unsaturated/α-hetero) is 2. The lowest BCUT2D eigenvalue weighted by molar-refractivity contribution is 0.100. The molecular weight excluding hydrogens is 1830 g/mol. The van der Waals surface area contributed by atoms with E-state index in [1.807, 2.05) is 24.3 Å². The van der Waals surface area contributed by atoms with Crippen molar-refractivity contribution in [2.45, 2.75) is 289 Å². The molecule has 13 heteroatoms. The minimum atomic E-state index is 0.104. The molecule has 8 aromatic heterocycles. The molecule has 0 unspecified atom stereocenters. The van der Waals surface area contributed by atoms with Crippen molar-refractivity contribution in [3.8, 4) is 5.75 Å². The molecule has 0 spiro atoms. The van der Waals surface area contributed by atoms with Crippen molar-refractivity contribution < 1.29 is 14.3 Å². The number of methoxy groups -OCH3 is 1. The zero-order valence-corrected chi connectivity index (χ0v) is 91.9. The second-order valence-corrected chi connectivity index (χ2v) is 41.3. The molecule has 0 radical (unpaired) electrons. The van der Waals surface area contributed by atoms with Crippen LogP contribution in [0, 0.1) is 20.8 Å². The SMILES string of the molecule is CC(=O)c1ccc2c(c1)c(CCCN)cn2CCCc1ccccc1.CC(=O)c1ccc2c(c1)c(CCN)cn2CCCc1ccccc1.CCCc1cn(CCCc2ccccc2)c2ccc(C)cc12.CCCc1cn(CCCc2ccccc2)c2ccc(C)cc12.CCCc1cn(CCCn2cc(CCC)c3cc(OC)ccc32)c2ccc(C)cc12.CCCc1cn(CCCn2cc(CCC)c3ccccc32)c2ccccc12. The summed E-state index contributed by atoms with van der Waals surface area (Å²) in [6.07, 6.45) is 46.8. The third-order valence-corrected chi connectivity index (χ3v) is 29.6. The number of rotatable bonds is 44. The van der Waals surface area contributed by atoms with Crippen molar-refractivity contribution >= 4 is 98.8 Å². The molecule has 0 saturated carbocycles. The van der Waals surface area contributed by atoms with Gasteiger partial charge in [0.15, 0.2) is 11.6 Å². The van der Waals surface area contributed by atoms with E-state index in [4.69, 9.17) is 16.2 Å². The highest BCUT2D eigenvalue weighted by atomic mass is 16.5. The van der Waals surface area contributed by atoms with Gasteiger partial charge in [-0.1, -0.05) is 273 Å². The highest BCUT2D eigenvalue weighted by Gasteiger charge is 2.20. The van der Waals surface area contributed by atoms with E-state index in [0.29, 0.717) is 13.1 Å². The zero-order valence-electron chi connectivity index (χ0n) is 91.9. The highest BCUT2D eigenvalue weighted by Crippen LogP contribution is 2.35. The summed E-state index contributed by atoms with van der Waals surface area (Å²) in [6, 6.07) is 99.6. The van der Waals surface area contributed by atoms with Gasteiger partial charge in [0.1, 0.15) is 5.75 Å². The van der Waals surface area contributed by atoms with E-state index in [2.05, 4.69) is 403 Å². The van der Waals surface area contributed by atoms with Crippen LogP contribution in [0.3, 0.4) is 0 Å². The molecule has 0 aliphatic rings. The van der Waals surface area contributed by atoms with Crippen LogP contribution in [0.2, 0.25) is 0 Å². The first kappa shape index (κ1) is 110. The molecule has 12 aromatic carbocycles. The molecule has 0 atom stereocenters. The van der Waals surface area contributed by atoms with Gasteiger partial charge in [0, 0.05) is 200 Å². The summed E-state index contributed by atoms with van der Waals surface area (Å²) >= 11 is 0. The Bertz CT molecular complexity index is 7460. The Kier molecular flexibility index (Phi) is 41.2. The normalized spacial score (nSPS) is 11.3. The first-order valence-electron chi connectivity index (χ1n) is 56.2. The van der Waals surface area contributed by atoms with Crippen LogP contribution >= 0.6 is 0 Å². The number of ketones is 2. The third kappa shape index (κ3) is 29.2. The zero-order chi connectivity index (χ0) is 105. The summed E-state index contributed by atoms with van der Waals surface area (Å²) in [5.41, 5.74) is 44.7. The van der Waals surface area contributed by atoms with Crippen LogP contribution in [0.25, 0.3) is 87.2 Å². The fourth-order valence-electron chi connectivity index (χ4n) is 22.1. The molecule has 20 aromatic rings. The quantitative estimate of drug-likeness (QED) is 0.0367. The number of para-hydroxylation sites is 2. The Morgan fingerprint density at radius 2 is 0.460 bits per heavy atom. The number of hydrogen-bond donors (Lipinski definition) is 2. The Labute approximate surface area is 893 Å². The van der Waals surface area contributed by atoms with E-state index in [1.54, 1.807) is 21.0 Å². The van der Waals surface area contributed by atoms with Crippen LogP contribution in [-0.2, 0) is 129 Å². The van der Waals surface area contributed by atoms with Crippen molar-refractivity contribution in [2.75, 3.05) is 20.2 Å². The smallest absolute Gasteiger partial charge is 0.159 e. The molecule has 0 bridgehead atoms.